The van der Waals surface area contributed by atoms with E-state index in [1.165, 1.54) is 36.8 Å². The zero-order valence-electron chi connectivity index (χ0n) is 10.2. The number of rotatable bonds is 2. The summed E-state index contributed by atoms with van der Waals surface area (Å²) in [4.78, 5) is 0. The minimum absolute atomic E-state index is 0.649. The summed E-state index contributed by atoms with van der Waals surface area (Å²) in [6.07, 6.45) is 7.18. The molecule has 1 aromatic heterocycles. The molecule has 2 aromatic rings. The third kappa shape index (κ3) is 2.28. The molecule has 90 valence electrons. The van der Waals surface area contributed by atoms with Crippen molar-refractivity contribution < 1.29 is 0 Å². The van der Waals surface area contributed by atoms with Crippen LogP contribution in [0.5, 0.6) is 0 Å². The van der Waals surface area contributed by atoms with E-state index in [1.807, 2.05) is 6.20 Å². The number of anilines is 1. The van der Waals surface area contributed by atoms with Gasteiger partial charge >= 0.3 is 0 Å². The zero-order valence-corrected chi connectivity index (χ0v) is 10.2. The number of nitrogens with one attached hydrogen (secondary N) is 2. The molecule has 1 saturated carbocycles. The quantitative estimate of drug-likeness (QED) is 0.826. The summed E-state index contributed by atoms with van der Waals surface area (Å²) in [5.41, 5.74) is 2.33. The van der Waals surface area contributed by atoms with Gasteiger partial charge in [-0.1, -0.05) is 6.92 Å². The van der Waals surface area contributed by atoms with Crippen molar-refractivity contribution in [3.05, 3.63) is 24.4 Å². The Morgan fingerprint density at radius 2 is 2.06 bits per heavy atom. The Hall–Kier alpha value is -1.51. The Kier molecular flexibility index (Phi) is 2.75. The lowest BCUT2D eigenvalue weighted by atomic mass is 9.87. The van der Waals surface area contributed by atoms with Crippen molar-refractivity contribution in [3.8, 4) is 0 Å². The van der Waals surface area contributed by atoms with E-state index < -0.39 is 0 Å². The Labute approximate surface area is 102 Å². The van der Waals surface area contributed by atoms with E-state index in [2.05, 4.69) is 40.6 Å². The lowest BCUT2D eigenvalue weighted by Crippen LogP contribution is -2.25. The zero-order chi connectivity index (χ0) is 11.7. The van der Waals surface area contributed by atoms with Gasteiger partial charge in [-0.05, 0) is 49.8 Å². The highest BCUT2D eigenvalue weighted by atomic mass is 15.1. The van der Waals surface area contributed by atoms with Crippen LogP contribution < -0.4 is 5.32 Å². The minimum Gasteiger partial charge on any atom is -0.382 e. The summed E-state index contributed by atoms with van der Waals surface area (Å²) in [5.74, 6) is 0.907. The predicted octanol–water partition coefficient (Wildman–Crippen LogP) is 3.55. The largest absolute Gasteiger partial charge is 0.382 e. The highest BCUT2D eigenvalue weighted by Crippen LogP contribution is 2.26. The van der Waals surface area contributed by atoms with Crippen molar-refractivity contribution in [2.45, 2.75) is 38.6 Å². The summed E-state index contributed by atoms with van der Waals surface area (Å²) in [6, 6.07) is 7.06. The summed E-state index contributed by atoms with van der Waals surface area (Å²) in [6.45, 7) is 2.35. The number of hydrogen-bond acceptors (Lipinski definition) is 2. The summed E-state index contributed by atoms with van der Waals surface area (Å²) in [5, 5.41) is 11.8. The van der Waals surface area contributed by atoms with Crippen molar-refractivity contribution in [3.63, 3.8) is 0 Å². The van der Waals surface area contributed by atoms with Crippen molar-refractivity contribution in [2.24, 2.45) is 5.92 Å². The van der Waals surface area contributed by atoms with Crippen molar-refractivity contribution in [2.75, 3.05) is 5.32 Å². The molecule has 0 saturated heterocycles. The van der Waals surface area contributed by atoms with Gasteiger partial charge in [-0.2, -0.15) is 5.10 Å². The number of aromatic nitrogens is 2. The van der Waals surface area contributed by atoms with E-state index in [-0.39, 0.29) is 0 Å². The Balaban J connectivity index is 1.71. The molecule has 0 aliphatic heterocycles. The topological polar surface area (TPSA) is 40.7 Å². The number of H-pyrrole nitrogens is 1. The van der Waals surface area contributed by atoms with E-state index in [1.54, 1.807) is 0 Å². The fourth-order valence-corrected chi connectivity index (χ4v) is 2.67. The second-order valence-corrected chi connectivity index (χ2v) is 5.27. The molecule has 1 aromatic carbocycles. The molecule has 0 atom stereocenters. The van der Waals surface area contributed by atoms with Crippen LogP contribution in [0.4, 0.5) is 5.69 Å². The molecule has 3 rings (SSSR count). The van der Waals surface area contributed by atoms with Gasteiger partial charge in [-0.3, -0.25) is 5.10 Å². The molecule has 17 heavy (non-hydrogen) atoms. The van der Waals surface area contributed by atoms with E-state index in [9.17, 15) is 0 Å². The highest BCUT2D eigenvalue weighted by Gasteiger charge is 2.17. The number of benzene rings is 1. The second-order valence-electron chi connectivity index (χ2n) is 5.27. The van der Waals surface area contributed by atoms with E-state index in [0.29, 0.717) is 6.04 Å². The molecule has 3 nitrogen and oxygen atoms in total. The molecule has 2 N–H and O–H groups in total. The molecule has 3 heteroatoms. The lowest BCUT2D eigenvalue weighted by molar-refractivity contribution is 0.361. The van der Waals surface area contributed by atoms with Crippen LogP contribution in [-0.4, -0.2) is 16.2 Å². The van der Waals surface area contributed by atoms with Crippen LogP contribution in [0.15, 0.2) is 24.4 Å². The second kappa shape index (κ2) is 4.40. The van der Waals surface area contributed by atoms with Crippen LogP contribution in [0.2, 0.25) is 0 Å². The molecule has 0 amide bonds. The summed E-state index contributed by atoms with van der Waals surface area (Å²) in [7, 11) is 0. The Bertz CT molecular complexity index is 495. The minimum atomic E-state index is 0.649. The van der Waals surface area contributed by atoms with Gasteiger partial charge in [-0.15, -0.1) is 0 Å². The van der Waals surface area contributed by atoms with Gasteiger partial charge in [0.15, 0.2) is 0 Å². The average Bonchev–Trinajstić information content (AvgIpc) is 2.79. The molecule has 0 radical (unpaired) electrons. The van der Waals surface area contributed by atoms with Crippen LogP contribution in [0, 0.1) is 5.92 Å². The maximum atomic E-state index is 4.05. The maximum Gasteiger partial charge on any atom is 0.0651 e. The van der Waals surface area contributed by atoms with Crippen molar-refractivity contribution >= 4 is 16.6 Å². The molecular formula is C14H19N3. The van der Waals surface area contributed by atoms with Gasteiger partial charge in [0.05, 0.1) is 11.7 Å². The number of aromatic amines is 1. The normalized spacial score (nSPS) is 25.0. The first-order chi connectivity index (χ1) is 8.31. The third-order valence-corrected chi connectivity index (χ3v) is 3.83. The summed E-state index contributed by atoms with van der Waals surface area (Å²) < 4.78 is 0. The van der Waals surface area contributed by atoms with Gasteiger partial charge in [-0.25, -0.2) is 0 Å². The maximum absolute atomic E-state index is 4.05. The van der Waals surface area contributed by atoms with E-state index >= 15 is 0 Å². The van der Waals surface area contributed by atoms with Gasteiger partial charge < -0.3 is 5.32 Å². The number of nitrogens with zero attached hydrogens (tertiary/aromatic N) is 1. The van der Waals surface area contributed by atoms with Gasteiger partial charge in [0.25, 0.3) is 0 Å². The first-order valence-corrected chi connectivity index (χ1v) is 6.51. The van der Waals surface area contributed by atoms with Gasteiger partial charge in [0.1, 0.15) is 0 Å². The van der Waals surface area contributed by atoms with Crippen LogP contribution >= 0.6 is 0 Å². The van der Waals surface area contributed by atoms with Crippen molar-refractivity contribution in [1.82, 2.24) is 10.2 Å². The van der Waals surface area contributed by atoms with Crippen LogP contribution in [0.1, 0.15) is 32.6 Å². The molecule has 1 fully saturated rings. The molecule has 1 aliphatic rings. The Morgan fingerprint density at radius 3 is 2.88 bits per heavy atom. The molecule has 1 aliphatic carbocycles. The molecular weight excluding hydrogens is 210 g/mol. The van der Waals surface area contributed by atoms with Gasteiger partial charge in [0, 0.05) is 17.1 Å². The first kappa shape index (κ1) is 10.6. The lowest BCUT2D eigenvalue weighted by Gasteiger charge is -2.27. The fraction of sp³-hybridized carbons (Fsp3) is 0.500. The van der Waals surface area contributed by atoms with E-state index in [0.717, 1.165) is 11.4 Å². The molecule has 0 unspecified atom stereocenters. The number of fused-ring (bicyclic) bond motifs is 1. The van der Waals surface area contributed by atoms with Gasteiger partial charge in [0.2, 0.25) is 0 Å². The van der Waals surface area contributed by atoms with Crippen LogP contribution in [0.25, 0.3) is 10.9 Å². The molecule has 0 spiro atoms. The monoisotopic (exact) mass is 229 g/mol. The SMILES string of the molecule is C[C@H]1CC[C@@H](Nc2ccc3[nH]ncc3c2)CC1. The smallest absolute Gasteiger partial charge is 0.0651 e. The fourth-order valence-electron chi connectivity index (χ4n) is 2.67. The van der Waals surface area contributed by atoms with Crippen molar-refractivity contribution in [1.29, 1.82) is 0 Å². The van der Waals surface area contributed by atoms with Crippen LogP contribution in [-0.2, 0) is 0 Å². The molecule has 1 heterocycles. The van der Waals surface area contributed by atoms with Crippen LogP contribution in [0.3, 0.4) is 0 Å². The standard InChI is InChI=1S/C14H19N3/c1-10-2-4-12(5-3-10)16-13-6-7-14-11(8-13)9-15-17-14/h6-10,12,16H,2-5H2,1H3,(H,15,17)/t10-,12+. The first-order valence-electron chi connectivity index (χ1n) is 6.51. The predicted molar refractivity (Wildman–Crippen MR) is 71.1 cm³/mol. The highest BCUT2D eigenvalue weighted by molar-refractivity contribution is 5.81. The Morgan fingerprint density at radius 1 is 1.24 bits per heavy atom. The number of hydrogen-bond donors (Lipinski definition) is 2. The molecule has 0 bridgehead atoms. The average molecular weight is 229 g/mol. The summed E-state index contributed by atoms with van der Waals surface area (Å²) >= 11 is 0. The van der Waals surface area contributed by atoms with E-state index in [4.69, 9.17) is 0 Å². The third-order valence-electron chi connectivity index (χ3n) is 3.83.